The second kappa shape index (κ2) is 5.63. The molecule has 0 aliphatic carbocycles. The summed E-state index contributed by atoms with van der Waals surface area (Å²) >= 11 is 0. The van der Waals surface area contributed by atoms with Crippen molar-refractivity contribution in [2.75, 3.05) is 19.6 Å². The van der Waals surface area contributed by atoms with Crippen LogP contribution in [0.2, 0.25) is 0 Å². The van der Waals surface area contributed by atoms with Gasteiger partial charge >= 0.3 is 0 Å². The molecule has 0 saturated carbocycles. The number of aryl methyl sites for hydroxylation is 1. The number of piperidine rings is 1. The zero-order chi connectivity index (χ0) is 13.2. The van der Waals surface area contributed by atoms with Crippen molar-refractivity contribution in [3.8, 4) is 0 Å². The predicted molar refractivity (Wildman–Crippen MR) is 75.0 cm³/mol. The average Bonchev–Trinajstić information content (AvgIpc) is 2.84. The Bertz CT molecular complexity index is 421. The molecule has 3 heterocycles. The first-order valence-corrected chi connectivity index (χ1v) is 7.73. The molecule has 0 amide bonds. The van der Waals surface area contributed by atoms with Crippen LogP contribution in [0.15, 0.2) is 6.20 Å². The van der Waals surface area contributed by atoms with Gasteiger partial charge in [-0.05, 0) is 57.7 Å². The summed E-state index contributed by atoms with van der Waals surface area (Å²) in [7, 11) is 0. The maximum atomic E-state index is 10.2. The summed E-state index contributed by atoms with van der Waals surface area (Å²) < 4.78 is 2.09. The van der Waals surface area contributed by atoms with E-state index in [1.54, 1.807) is 0 Å². The standard InChI is InChI=1S/C15H25N3O/c1-2-17-8-6-12(7-9-17)10-14-16-11-13-4-3-5-15(19)18(13)14/h11-12,15,19H,2-10H2,1H3. The topological polar surface area (TPSA) is 41.3 Å². The van der Waals surface area contributed by atoms with Crippen molar-refractivity contribution in [2.24, 2.45) is 5.92 Å². The van der Waals surface area contributed by atoms with Gasteiger partial charge in [0.1, 0.15) is 12.1 Å². The van der Waals surface area contributed by atoms with Crippen molar-refractivity contribution < 1.29 is 5.11 Å². The van der Waals surface area contributed by atoms with E-state index in [0.29, 0.717) is 0 Å². The molecule has 1 saturated heterocycles. The molecule has 0 bridgehead atoms. The molecule has 4 heteroatoms. The Hall–Kier alpha value is -0.870. The third kappa shape index (κ3) is 2.70. The summed E-state index contributed by atoms with van der Waals surface area (Å²) in [6.07, 6.45) is 8.24. The lowest BCUT2D eigenvalue weighted by Gasteiger charge is -2.31. The van der Waals surface area contributed by atoms with Crippen LogP contribution in [0.25, 0.3) is 0 Å². The summed E-state index contributed by atoms with van der Waals surface area (Å²) in [4.78, 5) is 7.09. The molecule has 0 spiro atoms. The molecule has 1 aromatic rings. The molecule has 0 aromatic carbocycles. The number of aromatic nitrogens is 2. The Morgan fingerprint density at radius 3 is 2.84 bits per heavy atom. The quantitative estimate of drug-likeness (QED) is 0.906. The molecule has 106 valence electrons. The van der Waals surface area contributed by atoms with Crippen molar-refractivity contribution in [1.29, 1.82) is 0 Å². The summed E-state index contributed by atoms with van der Waals surface area (Å²) in [5, 5.41) is 10.2. The first-order valence-electron chi connectivity index (χ1n) is 7.73. The van der Waals surface area contributed by atoms with Crippen molar-refractivity contribution in [3.05, 3.63) is 17.7 Å². The van der Waals surface area contributed by atoms with Gasteiger partial charge in [-0.15, -0.1) is 0 Å². The highest BCUT2D eigenvalue weighted by atomic mass is 16.3. The molecule has 1 N–H and O–H groups in total. The minimum Gasteiger partial charge on any atom is -0.373 e. The van der Waals surface area contributed by atoms with Gasteiger partial charge in [-0.3, -0.25) is 0 Å². The summed E-state index contributed by atoms with van der Waals surface area (Å²) in [5.74, 6) is 1.85. The van der Waals surface area contributed by atoms with Crippen molar-refractivity contribution in [3.63, 3.8) is 0 Å². The smallest absolute Gasteiger partial charge is 0.132 e. The van der Waals surface area contributed by atoms with Crippen molar-refractivity contribution in [1.82, 2.24) is 14.5 Å². The number of imidazole rings is 1. The number of likely N-dealkylation sites (tertiary alicyclic amines) is 1. The fraction of sp³-hybridized carbons (Fsp3) is 0.800. The highest BCUT2D eigenvalue weighted by molar-refractivity contribution is 5.10. The third-order valence-electron chi connectivity index (χ3n) is 4.77. The second-order valence-electron chi connectivity index (χ2n) is 5.99. The van der Waals surface area contributed by atoms with E-state index < -0.39 is 0 Å². The molecule has 2 aliphatic heterocycles. The first kappa shape index (κ1) is 13.1. The van der Waals surface area contributed by atoms with E-state index in [2.05, 4.69) is 21.4 Å². The Kier molecular flexibility index (Phi) is 3.89. The minimum atomic E-state index is -0.336. The molecular formula is C15H25N3O. The van der Waals surface area contributed by atoms with E-state index in [1.807, 2.05) is 6.20 Å². The minimum absolute atomic E-state index is 0.336. The molecule has 1 aromatic heterocycles. The zero-order valence-corrected chi connectivity index (χ0v) is 11.9. The molecule has 3 rings (SSSR count). The van der Waals surface area contributed by atoms with Gasteiger partial charge in [-0.25, -0.2) is 4.98 Å². The van der Waals surface area contributed by atoms with Crippen LogP contribution in [0.1, 0.15) is 50.4 Å². The molecular weight excluding hydrogens is 238 g/mol. The van der Waals surface area contributed by atoms with Crippen molar-refractivity contribution in [2.45, 2.75) is 51.7 Å². The van der Waals surface area contributed by atoms with Gasteiger partial charge in [0, 0.05) is 18.3 Å². The molecule has 2 aliphatic rings. The number of aliphatic hydroxyl groups excluding tert-OH is 1. The Morgan fingerprint density at radius 1 is 1.32 bits per heavy atom. The van der Waals surface area contributed by atoms with E-state index in [4.69, 9.17) is 0 Å². The number of aliphatic hydroxyl groups is 1. The third-order valence-corrected chi connectivity index (χ3v) is 4.77. The SMILES string of the molecule is CCN1CCC(Cc2ncc3n2C(O)CCC3)CC1. The Morgan fingerprint density at radius 2 is 2.11 bits per heavy atom. The van der Waals surface area contributed by atoms with Crippen LogP contribution in [-0.2, 0) is 12.8 Å². The van der Waals surface area contributed by atoms with E-state index in [0.717, 1.165) is 37.4 Å². The fourth-order valence-corrected chi connectivity index (χ4v) is 3.50. The highest BCUT2D eigenvalue weighted by Crippen LogP contribution is 2.27. The van der Waals surface area contributed by atoms with E-state index >= 15 is 0 Å². The Labute approximate surface area is 115 Å². The maximum absolute atomic E-state index is 10.2. The lowest BCUT2D eigenvalue weighted by atomic mass is 9.93. The van der Waals surface area contributed by atoms with Gasteiger partial charge < -0.3 is 14.6 Å². The first-order chi connectivity index (χ1) is 9.28. The number of hydrogen-bond donors (Lipinski definition) is 1. The number of nitrogens with zero attached hydrogens (tertiary/aromatic N) is 3. The molecule has 1 unspecified atom stereocenters. The van der Waals surface area contributed by atoms with Gasteiger partial charge in [-0.1, -0.05) is 6.92 Å². The van der Waals surface area contributed by atoms with Crippen LogP contribution < -0.4 is 0 Å². The predicted octanol–water partition coefficient (Wildman–Crippen LogP) is 1.98. The summed E-state index contributed by atoms with van der Waals surface area (Å²) in [6.45, 7) is 5.85. The zero-order valence-electron chi connectivity index (χ0n) is 11.9. The van der Waals surface area contributed by atoms with Gasteiger partial charge in [0.15, 0.2) is 0 Å². The van der Waals surface area contributed by atoms with Crippen LogP contribution in [0.4, 0.5) is 0 Å². The molecule has 4 nitrogen and oxygen atoms in total. The van der Waals surface area contributed by atoms with Crippen LogP contribution >= 0.6 is 0 Å². The Balaban J connectivity index is 1.66. The van der Waals surface area contributed by atoms with Gasteiger partial charge in [0.25, 0.3) is 0 Å². The monoisotopic (exact) mass is 263 g/mol. The second-order valence-corrected chi connectivity index (χ2v) is 5.99. The summed E-state index contributed by atoms with van der Waals surface area (Å²) in [5.41, 5.74) is 1.22. The molecule has 1 atom stereocenters. The molecule has 1 fully saturated rings. The lowest BCUT2D eigenvalue weighted by molar-refractivity contribution is 0.0743. The van der Waals surface area contributed by atoms with Gasteiger partial charge in [0.05, 0.1) is 0 Å². The highest BCUT2D eigenvalue weighted by Gasteiger charge is 2.24. The van der Waals surface area contributed by atoms with Crippen molar-refractivity contribution >= 4 is 0 Å². The normalized spacial score (nSPS) is 25.5. The lowest BCUT2D eigenvalue weighted by Crippen LogP contribution is -2.34. The van der Waals surface area contributed by atoms with E-state index in [9.17, 15) is 5.11 Å². The fourth-order valence-electron chi connectivity index (χ4n) is 3.50. The van der Waals surface area contributed by atoms with E-state index in [-0.39, 0.29) is 6.23 Å². The largest absolute Gasteiger partial charge is 0.373 e. The van der Waals surface area contributed by atoms with Gasteiger partial charge in [-0.2, -0.15) is 0 Å². The van der Waals surface area contributed by atoms with Crippen LogP contribution in [-0.4, -0.2) is 39.2 Å². The maximum Gasteiger partial charge on any atom is 0.132 e. The number of hydrogen-bond acceptors (Lipinski definition) is 3. The molecule has 0 radical (unpaired) electrons. The van der Waals surface area contributed by atoms with Crippen LogP contribution in [0.5, 0.6) is 0 Å². The van der Waals surface area contributed by atoms with Crippen LogP contribution in [0.3, 0.4) is 0 Å². The molecule has 19 heavy (non-hydrogen) atoms. The van der Waals surface area contributed by atoms with Crippen LogP contribution in [0, 0.1) is 5.92 Å². The van der Waals surface area contributed by atoms with Gasteiger partial charge in [0.2, 0.25) is 0 Å². The average molecular weight is 263 g/mol. The van der Waals surface area contributed by atoms with E-state index in [1.165, 1.54) is 38.2 Å². The number of rotatable bonds is 3. The number of fused-ring (bicyclic) bond motifs is 1. The summed E-state index contributed by atoms with van der Waals surface area (Å²) in [6, 6.07) is 0.